The van der Waals surface area contributed by atoms with Gasteiger partial charge in [-0.2, -0.15) is 13.2 Å². The molecule has 1 amide bonds. The monoisotopic (exact) mass is 508 g/mol. The second kappa shape index (κ2) is 8.55. The smallest absolute Gasteiger partial charge is 0.396 e. The largest absolute Gasteiger partial charge is 0.419 e. The zero-order valence-electron chi connectivity index (χ0n) is 19.0. The van der Waals surface area contributed by atoms with E-state index in [9.17, 15) is 27.5 Å². The molecule has 5 rings (SSSR count). The maximum absolute atomic E-state index is 14.6. The van der Waals surface area contributed by atoms with Gasteiger partial charge >= 0.3 is 6.18 Å². The number of hydrogen-bond donors (Lipinski definition) is 4. The Balaban J connectivity index is 1.50. The highest BCUT2D eigenvalue weighted by Gasteiger charge is 2.47. The summed E-state index contributed by atoms with van der Waals surface area (Å²) in [5.74, 6) is -1.80. The van der Waals surface area contributed by atoms with Gasteiger partial charge in [0.2, 0.25) is 5.91 Å². The van der Waals surface area contributed by atoms with E-state index in [1.807, 2.05) is 0 Å². The number of nitrogen functional groups attached to an aromatic ring is 1. The van der Waals surface area contributed by atoms with E-state index in [0.29, 0.717) is 6.42 Å². The molecule has 14 heteroatoms. The summed E-state index contributed by atoms with van der Waals surface area (Å²) in [7, 11) is 0. The lowest BCUT2D eigenvalue weighted by molar-refractivity contribution is -0.140. The molecule has 0 radical (unpaired) electrons. The number of amides is 1. The molecular weight excluding hydrogens is 484 g/mol. The molecule has 2 aliphatic rings. The van der Waals surface area contributed by atoms with E-state index < -0.39 is 35.5 Å². The molecular formula is C22H24F4N8O2. The van der Waals surface area contributed by atoms with Gasteiger partial charge in [-0.25, -0.2) is 19.3 Å². The molecule has 1 aromatic carbocycles. The molecule has 192 valence electrons. The van der Waals surface area contributed by atoms with Crippen LogP contribution in [0.2, 0.25) is 0 Å². The SMILES string of the molecule is Nc1ncnc2c1ncn2Cc1c(N2CCC(N)(C(=O)N[C@@H]3C[C@H]3CO)C2)ccc(F)c1C(F)(F)F. The zero-order chi connectivity index (χ0) is 25.8. The summed E-state index contributed by atoms with van der Waals surface area (Å²) in [6.45, 7) is -0.332. The number of rotatable bonds is 6. The molecule has 3 heterocycles. The van der Waals surface area contributed by atoms with E-state index in [1.54, 1.807) is 4.90 Å². The van der Waals surface area contributed by atoms with Crippen molar-refractivity contribution in [2.24, 2.45) is 11.7 Å². The molecule has 1 saturated carbocycles. The highest BCUT2D eigenvalue weighted by molar-refractivity contribution is 5.88. The number of nitrogens with one attached hydrogen (secondary N) is 1. The number of nitrogens with zero attached hydrogens (tertiary/aromatic N) is 5. The van der Waals surface area contributed by atoms with Gasteiger partial charge in [-0.1, -0.05) is 0 Å². The topological polar surface area (TPSA) is 148 Å². The van der Waals surface area contributed by atoms with E-state index in [1.165, 1.54) is 17.0 Å². The molecule has 6 N–H and O–H groups in total. The summed E-state index contributed by atoms with van der Waals surface area (Å²) >= 11 is 0. The number of fused-ring (bicyclic) bond motifs is 1. The van der Waals surface area contributed by atoms with Crippen LogP contribution in [-0.4, -0.2) is 61.8 Å². The standard InChI is InChI=1S/C22H24F4N8O2/c23-13-1-2-15(33-4-3-21(28,8-33)20(36)32-14-5-11(14)7-35)12(16(13)22(24,25)26)6-34-10-31-17-18(27)29-9-30-19(17)34/h1-2,9-11,14,35H,3-8,28H2,(H,32,36)(H2,27,29,30)/t11-,14+,21?/m0/s1. The van der Waals surface area contributed by atoms with Crippen LogP contribution in [0.1, 0.15) is 24.0 Å². The first-order valence-corrected chi connectivity index (χ1v) is 11.3. The molecule has 2 fully saturated rings. The van der Waals surface area contributed by atoms with Gasteiger partial charge in [0.15, 0.2) is 11.5 Å². The Labute approximate surface area is 202 Å². The van der Waals surface area contributed by atoms with Crippen molar-refractivity contribution in [3.05, 3.63) is 41.7 Å². The van der Waals surface area contributed by atoms with Gasteiger partial charge in [0.05, 0.1) is 18.4 Å². The molecule has 1 unspecified atom stereocenters. The van der Waals surface area contributed by atoms with Crippen LogP contribution >= 0.6 is 0 Å². The van der Waals surface area contributed by atoms with Crippen molar-refractivity contribution in [2.75, 3.05) is 30.3 Å². The number of hydrogen-bond acceptors (Lipinski definition) is 8. The van der Waals surface area contributed by atoms with Gasteiger partial charge < -0.3 is 31.4 Å². The summed E-state index contributed by atoms with van der Waals surface area (Å²) in [5.41, 5.74) is 9.56. The van der Waals surface area contributed by atoms with Crippen LogP contribution in [-0.2, 0) is 17.5 Å². The normalized spacial score (nSPS) is 23.9. The number of aliphatic hydroxyl groups excluding tert-OH is 1. The van der Waals surface area contributed by atoms with Gasteiger partial charge in [0.1, 0.15) is 23.2 Å². The highest BCUT2D eigenvalue weighted by atomic mass is 19.4. The number of halogens is 4. The van der Waals surface area contributed by atoms with E-state index in [0.717, 1.165) is 12.4 Å². The van der Waals surface area contributed by atoms with Crippen LogP contribution in [0.15, 0.2) is 24.8 Å². The highest BCUT2D eigenvalue weighted by Crippen LogP contribution is 2.41. The zero-order valence-corrected chi connectivity index (χ0v) is 19.0. The molecule has 0 spiro atoms. The first kappa shape index (κ1) is 24.2. The second-order valence-electron chi connectivity index (χ2n) is 9.31. The number of aromatic nitrogens is 4. The molecule has 3 aromatic rings. The number of benzene rings is 1. The van der Waals surface area contributed by atoms with Crippen LogP contribution in [0.4, 0.5) is 29.1 Å². The molecule has 36 heavy (non-hydrogen) atoms. The van der Waals surface area contributed by atoms with E-state index in [4.69, 9.17) is 11.5 Å². The van der Waals surface area contributed by atoms with E-state index >= 15 is 0 Å². The molecule has 1 saturated heterocycles. The Morgan fingerprint density at radius 1 is 1.28 bits per heavy atom. The average molecular weight is 508 g/mol. The van der Waals surface area contributed by atoms with E-state index in [2.05, 4.69) is 20.3 Å². The lowest BCUT2D eigenvalue weighted by atomic mass is 9.98. The van der Waals surface area contributed by atoms with Crippen molar-refractivity contribution < 1.29 is 27.5 Å². The van der Waals surface area contributed by atoms with Crippen molar-refractivity contribution in [3.63, 3.8) is 0 Å². The predicted molar refractivity (Wildman–Crippen MR) is 121 cm³/mol. The predicted octanol–water partition coefficient (Wildman–Crippen LogP) is 1.02. The quantitative estimate of drug-likeness (QED) is 0.361. The molecule has 3 atom stereocenters. The number of carbonyl (C=O) groups is 1. The summed E-state index contributed by atoms with van der Waals surface area (Å²) in [6.07, 6.45) is -1.72. The summed E-state index contributed by atoms with van der Waals surface area (Å²) in [4.78, 5) is 26.4. The van der Waals surface area contributed by atoms with Crippen molar-refractivity contribution in [1.29, 1.82) is 0 Å². The first-order chi connectivity index (χ1) is 17.0. The number of carbonyl (C=O) groups excluding carboxylic acids is 1. The molecule has 2 aromatic heterocycles. The minimum Gasteiger partial charge on any atom is -0.396 e. The number of aliphatic hydroxyl groups is 1. The number of alkyl halides is 3. The van der Waals surface area contributed by atoms with Gasteiger partial charge in [0, 0.05) is 42.9 Å². The van der Waals surface area contributed by atoms with Gasteiger partial charge in [-0.3, -0.25) is 4.79 Å². The van der Waals surface area contributed by atoms with Crippen LogP contribution in [0, 0.1) is 11.7 Å². The molecule has 10 nitrogen and oxygen atoms in total. The fraction of sp³-hybridized carbons (Fsp3) is 0.455. The minimum atomic E-state index is -4.98. The third-order valence-corrected chi connectivity index (χ3v) is 6.85. The van der Waals surface area contributed by atoms with Gasteiger partial charge in [-0.05, 0) is 25.0 Å². The van der Waals surface area contributed by atoms with Crippen molar-refractivity contribution in [3.8, 4) is 0 Å². The van der Waals surface area contributed by atoms with Crippen molar-refractivity contribution in [2.45, 2.75) is 37.1 Å². The Morgan fingerprint density at radius 2 is 2.06 bits per heavy atom. The molecule has 0 bridgehead atoms. The second-order valence-corrected chi connectivity index (χ2v) is 9.31. The van der Waals surface area contributed by atoms with Crippen LogP contribution < -0.4 is 21.7 Å². The van der Waals surface area contributed by atoms with Crippen LogP contribution in [0.3, 0.4) is 0 Å². The Kier molecular flexibility index (Phi) is 5.75. The van der Waals surface area contributed by atoms with Crippen LogP contribution in [0.25, 0.3) is 11.2 Å². The number of imidazole rings is 1. The first-order valence-electron chi connectivity index (χ1n) is 11.3. The minimum absolute atomic E-state index is 0.0176. The Bertz CT molecular complexity index is 1330. The Hall–Kier alpha value is -3.52. The third-order valence-electron chi connectivity index (χ3n) is 6.85. The van der Waals surface area contributed by atoms with Crippen molar-refractivity contribution in [1.82, 2.24) is 24.8 Å². The lowest BCUT2D eigenvalue weighted by Crippen LogP contribution is -2.56. The average Bonchev–Trinajstić information content (AvgIpc) is 3.23. The lowest BCUT2D eigenvalue weighted by Gasteiger charge is -2.28. The summed E-state index contributed by atoms with van der Waals surface area (Å²) in [5, 5.41) is 12.0. The van der Waals surface area contributed by atoms with Crippen molar-refractivity contribution >= 4 is 28.6 Å². The number of anilines is 2. The maximum atomic E-state index is 14.6. The van der Waals surface area contributed by atoms with Gasteiger partial charge in [-0.15, -0.1) is 0 Å². The molecule has 1 aliphatic heterocycles. The fourth-order valence-electron chi connectivity index (χ4n) is 4.72. The van der Waals surface area contributed by atoms with Gasteiger partial charge in [0.25, 0.3) is 0 Å². The fourth-order valence-corrected chi connectivity index (χ4v) is 4.72. The van der Waals surface area contributed by atoms with E-state index in [-0.39, 0.29) is 66.3 Å². The van der Waals surface area contributed by atoms with Crippen LogP contribution in [0.5, 0.6) is 0 Å². The Morgan fingerprint density at radius 3 is 2.75 bits per heavy atom. The number of nitrogens with two attached hydrogens (primary N) is 2. The third kappa shape index (κ3) is 4.19. The maximum Gasteiger partial charge on any atom is 0.419 e. The summed E-state index contributed by atoms with van der Waals surface area (Å²) < 4.78 is 58.1. The summed E-state index contributed by atoms with van der Waals surface area (Å²) in [6, 6.07) is 1.86. The molecule has 1 aliphatic carbocycles.